The number of halogens is 1. The van der Waals surface area contributed by atoms with Gasteiger partial charge in [-0.2, -0.15) is 0 Å². The molecule has 0 fully saturated rings. The van der Waals surface area contributed by atoms with E-state index in [0.717, 1.165) is 0 Å². The monoisotopic (exact) mass is 437 g/mol. The number of esters is 1. The van der Waals surface area contributed by atoms with Gasteiger partial charge >= 0.3 is 5.97 Å². The minimum absolute atomic E-state index is 0.162. The van der Waals surface area contributed by atoms with Crippen LogP contribution in [0.15, 0.2) is 46.9 Å². The van der Waals surface area contributed by atoms with Crippen LogP contribution in [0.4, 0.5) is 0 Å². The molecule has 27 heavy (non-hydrogen) atoms. The smallest absolute Gasteiger partial charge is 0.337 e. The van der Waals surface area contributed by atoms with Crippen molar-refractivity contribution in [3.05, 3.63) is 52.5 Å². The van der Waals surface area contributed by atoms with Gasteiger partial charge in [0.1, 0.15) is 12.4 Å². The Hall–Kier alpha value is -2.74. The van der Waals surface area contributed by atoms with Crippen LogP contribution in [-0.4, -0.2) is 45.9 Å². The molecule has 0 unspecified atom stereocenters. The van der Waals surface area contributed by atoms with Crippen LogP contribution >= 0.6 is 15.9 Å². The third-order valence-electron chi connectivity index (χ3n) is 3.46. The third-order valence-corrected chi connectivity index (χ3v) is 4.08. The Morgan fingerprint density at radius 3 is 2.41 bits per heavy atom. The number of hydrogen-bond donors (Lipinski definition) is 1. The fraction of sp³-hybridized carbons (Fsp3) is 0.263. The Morgan fingerprint density at radius 2 is 1.74 bits per heavy atom. The molecule has 7 nitrogen and oxygen atoms in total. The van der Waals surface area contributed by atoms with Gasteiger partial charge in [0.2, 0.25) is 0 Å². The molecule has 2 aromatic rings. The lowest BCUT2D eigenvalue weighted by molar-refractivity contribution is -0.123. The number of nitrogens with one attached hydrogen (secondary N) is 1. The van der Waals surface area contributed by atoms with E-state index < -0.39 is 5.97 Å². The van der Waals surface area contributed by atoms with E-state index in [1.54, 1.807) is 37.4 Å². The molecule has 0 aliphatic carbocycles. The molecule has 0 saturated heterocycles. The number of amides is 1. The largest absolute Gasteiger partial charge is 0.493 e. The second-order valence-corrected chi connectivity index (χ2v) is 6.13. The van der Waals surface area contributed by atoms with Crippen LogP contribution in [-0.2, 0) is 9.53 Å². The molecule has 0 atom stereocenters. The van der Waals surface area contributed by atoms with Crippen molar-refractivity contribution in [1.29, 1.82) is 0 Å². The van der Waals surface area contributed by atoms with Crippen LogP contribution < -0.4 is 19.5 Å². The molecule has 0 radical (unpaired) electrons. The van der Waals surface area contributed by atoms with Gasteiger partial charge in [-0.3, -0.25) is 4.79 Å². The van der Waals surface area contributed by atoms with Crippen LogP contribution in [0, 0.1) is 0 Å². The lowest BCUT2D eigenvalue weighted by atomic mass is 10.2. The van der Waals surface area contributed by atoms with E-state index in [0.29, 0.717) is 40.4 Å². The van der Waals surface area contributed by atoms with Crippen molar-refractivity contribution in [2.45, 2.75) is 0 Å². The summed E-state index contributed by atoms with van der Waals surface area (Å²) in [6.45, 7) is 0.456. The molecule has 1 amide bonds. The Bertz CT molecular complexity index is 796. The first-order valence-electron chi connectivity index (χ1n) is 8.08. The Labute approximate surface area is 165 Å². The van der Waals surface area contributed by atoms with Gasteiger partial charge in [0.05, 0.1) is 30.8 Å². The van der Waals surface area contributed by atoms with Crippen LogP contribution in [0.1, 0.15) is 10.4 Å². The minimum Gasteiger partial charge on any atom is -0.493 e. The Morgan fingerprint density at radius 1 is 1.00 bits per heavy atom. The first-order chi connectivity index (χ1) is 13.0. The maximum atomic E-state index is 11.9. The molecule has 1 N–H and O–H groups in total. The molecular weight excluding hydrogens is 418 g/mol. The number of hydrogen-bond acceptors (Lipinski definition) is 6. The molecule has 144 valence electrons. The number of methoxy groups -OCH3 is 2. The van der Waals surface area contributed by atoms with E-state index in [9.17, 15) is 9.59 Å². The summed E-state index contributed by atoms with van der Waals surface area (Å²) in [4.78, 5) is 23.3. The van der Waals surface area contributed by atoms with Crippen LogP contribution in [0.2, 0.25) is 0 Å². The normalized spacial score (nSPS) is 10.0. The van der Waals surface area contributed by atoms with Crippen LogP contribution in [0.25, 0.3) is 0 Å². The summed E-state index contributed by atoms with van der Waals surface area (Å²) in [5.74, 6) is 0.952. The van der Waals surface area contributed by atoms with Crippen molar-refractivity contribution in [2.75, 3.05) is 34.0 Å². The molecule has 0 bridgehead atoms. The number of ether oxygens (including phenoxy) is 4. The van der Waals surface area contributed by atoms with Gasteiger partial charge in [-0.05, 0) is 46.3 Å². The lowest BCUT2D eigenvalue weighted by Crippen LogP contribution is -2.32. The molecule has 0 spiro atoms. The minimum atomic E-state index is -0.449. The van der Waals surface area contributed by atoms with Crippen molar-refractivity contribution >= 4 is 27.8 Å². The van der Waals surface area contributed by atoms with E-state index in [1.807, 2.05) is 12.1 Å². The summed E-state index contributed by atoms with van der Waals surface area (Å²) in [5.41, 5.74) is 0.384. The molecule has 8 heteroatoms. The van der Waals surface area contributed by atoms with Gasteiger partial charge in [-0.25, -0.2) is 4.79 Å². The average Bonchev–Trinajstić information content (AvgIpc) is 2.69. The fourth-order valence-electron chi connectivity index (χ4n) is 2.15. The summed E-state index contributed by atoms with van der Waals surface area (Å²) < 4.78 is 21.4. The van der Waals surface area contributed by atoms with Gasteiger partial charge in [0.15, 0.2) is 18.1 Å². The lowest BCUT2D eigenvalue weighted by Gasteiger charge is -2.12. The molecule has 0 heterocycles. The standard InChI is InChI=1S/C19H20BrNO6/c1-24-16-5-3-4-6-17(16)26-10-9-21-18(22)12-27-15-8-7-13(11-14(15)20)19(23)25-2/h3-8,11H,9-10,12H2,1-2H3,(H,21,22). The highest BCUT2D eigenvalue weighted by atomic mass is 79.9. The van der Waals surface area contributed by atoms with E-state index in [-0.39, 0.29) is 12.5 Å². The molecule has 0 aliphatic heterocycles. The quantitative estimate of drug-likeness (QED) is 0.479. The second-order valence-electron chi connectivity index (χ2n) is 5.27. The van der Waals surface area contributed by atoms with Crippen LogP contribution in [0.5, 0.6) is 17.2 Å². The zero-order chi connectivity index (χ0) is 19.6. The Kier molecular flexibility index (Phi) is 7.94. The van der Waals surface area contributed by atoms with Gasteiger partial charge in [0, 0.05) is 0 Å². The number of carbonyl (C=O) groups is 2. The number of para-hydroxylation sites is 2. The highest BCUT2D eigenvalue weighted by molar-refractivity contribution is 9.10. The summed E-state index contributed by atoms with van der Waals surface area (Å²) >= 11 is 3.30. The maximum Gasteiger partial charge on any atom is 0.337 e. The number of rotatable bonds is 9. The summed E-state index contributed by atoms with van der Waals surface area (Å²) in [7, 11) is 2.87. The second kappa shape index (κ2) is 10.4. The predicted octanol–water partition coefficient (Wildman–Crippen LogP) is 2.82. The first kappa shape index (κ1) is 20.6. The van der Waals surface area contributed by atoms with E-state index in [2.05, 4.69) is 26.0 Å². The number of benzene rings is 2. The van der Waals surface area contributed by atoms with Crippen molar-refractivity contribution < 1.29 is 28.5 Å². The zero-order valence-corrected chi connectivity index (χ0v) is 16.6. The van der Waals surface area contributed by atoms with Crippen molar-refractivity contribution in [3.63, 3.8) is 0 Å². The Balaban J connectivity index is 1.74. The highest BCUT2D eigenvalue weighted by Gasteiger charge is 2.10. The predicted molar refractivity (Wildman–Crippen MR) is 102 cm³/mol. The molecule has 0 aromatic heterocycles. The summed E-state index contributed by atoms with van der Waals surface area (Å²) in [6, 6.07) is 12.0. The van der Waals surface area contributed by atoms with Gasteiger partial charge in [0.25, 0.3) is 5.91 Å². The zero-order valence-electron chi connectivity index (χ0n) is 15.0. The molecule has 0 saturated carbocycles. The maximum absolute atomic E-state index is 11.9. The van der Waals surface area contributed by atoms with Crippen molar-refractivity contribution in [3.8, 4) is 17.2 Å². The topological polar surface area (TPSA) is 83.1 Å². The van der Waals surface area contributed by atoms with E-state index in [1.165, 1.54) is 7.11 Å². The molecular formula is C19H20BrNO6. The first-order valence-corrected chi connectivity index (χ1v) is 8.87. The number of carbonyl (C=O) groups excluding carboxylic acids is 2. The SMILES string of the molecule is COC(=O)c1ccc(OCC(=O)NCCOc2ccccc2OC)c(Br)c1. The molecule has 0 aliphatic rings. The highest BCUT2D eigenvalue weighted by Crippen LogP contribution is 2.26. The van der Waals surface area contributed by atoms with Gasteiger partial charge < -0.3 is 24.3 Å². The van der Waals surface area contributed by atoms with Crippen LogP contribution in [0.3, 0.4) is 0 Å². The van der Waals surface area contributed by atoms with Gasteiger partial charge in [-0.1, -0.05) is 12.1 Å². The average molecular weight is 438 g/mol. The molecule has 2 rings (SSSR count). The summed E-state index contributed by atoms with van der Waals surface area (Å²) in [5, 5.41) is 2.70. The third kappa shape index (κ3) is 6.18. The van der Waals surface area contributed by atoms with Gasteiger partial charge in [-0.15, -0.1) is 0 Å². The van der Waals surface area contributed by atoms with E-state index >= 15 is 0 Å². The van der Waals surface area contributed by atoms with E-state index in [4.69, 9.17) is 14.2 Å². The molecule has 2 aromatic carbocycles. The summed E-state index contributed by atoms with van der Waals surface area (Å²) in [6.07, 6.45) is 0. The van der Waals surface area contributed by atoms with Crippen molar-refractivity contribution in [1.82, 2.24) is 5.32 Å². The fourth-order valence-corrected chi connectivity index (χ4v) is 2.64. The van der Waals surface area contributed by atoms with Crippen molar-refractivity contribution in [2.24, 2.45) is 0 Å².